The number of rotatable bonds is 3. The Kier molecular flexibility index (Phi) is 4.12. The number of benzene rings is 1. The lowest BCUT2D eigenvalue weighted by atomic mass is 10.3. The van der Waals surface area contributed by atoms with Gasteiger partial charge in [0, 0.05) is 23.2 Å². The summed E-state index contributed by atoms with van der Waals surface area (Å²) in [6.45, 7) is 3.68. The van der Waals surface area contributed by atoms with E-state index < -0.39 is 0 Å². The maximum absolute atomic E-state index is 11.3. The van der Waals surface area contributed by atoms with E-state index in [4.69, 9.17) is 23.2 Å². The summed E-state index contributed by atoms with van der Waals surface area (Å²) < 4.78 is 1.67. The molecule has 0 aliphatic heterocycles. The van der Waals surface area contributed by atoms with Crippen LogP contribution in [-0.2, 0) is 4.79 Å². The van der Waals surface area contributed by atoms with Gasteiger partial charge in [-0.1, -0.05) is 30.1 Å². The average Bonchev–Trinajstić information content (AvgIpc) is 2.70. The standard InChI is InChI=1S/C13H13Cl2N3O/c1-3-13(19)16-12-6-8(2)18(17-12)11-5-4-9(14)7-10(11)15/h4-7H,3H2,1-2H3,(H,16,17,19). The van der Waals surface area contributed by atoms with Crippen LogP contribution in [0.5, 0.6) is 0 Å². The highest BCUT2D eigenvalue weighted by Crippen LogP contribution is 2.26. The molecule has 1 aromatic carbocycles. The molecule has 0 aliphatic rings. The van der Waals surface area contributed by atoms with Gasteiger partial charge in [-0.15, -0.1) is 5.10 Å². The summed E-state index contributed by atoms with van der Waals surface area (Å²) in [6, 6.07) is 6.98. The Morgan fingerprint density at radius 1 is 1.37 bits per heavy atom. The normalized spacial score (nSPS) is 10.5. The van der Waals surface area contributed by atoms with Crippen molar-refractivity contribution in [2.75, 3.05) is 5.32 Å². The minimum absolute atomic E-state index is 0.0770. The number of halogens is 2. The van der Waals surface area contributed by atoms with Crippen LogP contribution in [0.4, 0.5) is 5.82 Å². The second kappa shape index (κ2) is 5.63. The molecule has 0 bridgehead atoms. The Morgan fingerprint density at radius 3 is 2.74 bits per heavy atom. The molecule has 0 aliphatic carbocycles. The minimum atomic E-state index is -0.0770. The maximum Gasteiger partial charge on any atom is 0.225 e. The van der Waals surface area contributed by atoms with E-state index in [2.05, 4.69) is 10.4 Å². The number of amides is 1. The van der Waals surface area contributed by atoms with Crippen LogP contribution in [0.2, 0.25) is 10.0 Å². The summed E-state index contributed by atoms with van der Waals surface area (Å²) in [5.41, 5.74) is 1.59. The molecule has 1 N–H and O–H groups in total. The SMILES string of the molecule is CCC(=O)Nc1cc(C)n(-c2ccc(Cl)cc2Cl)n1. The lowest BCUT2D eigenvalue weighted by Gasteiger charge is -2.06. The van der Waals surface area contributed by atoms with Crippen molar-refractivity contribution >= 4 is 34.9 Å². The van der Waals surface area contributed by atoms with E-state index >= 15 is 0 Å². The summed E-state index contributed by atoms with van der Waals surface area (Å²) in [5.74, 6) is 0.433. The predicted octanol–water partition coefficient (Wildman–Crippen LogP) is 3.84. The number of carbonyl (C=O) groups is 1. The van der Waals surface area contributed by atoms with Crippen LogP contribution < -0.4 is 5.32 Å². The van der Waals surface area contributed by atoms with Gasteiger partial charge in [0.2, 0.25) is 5.91 Å². The molecule has 0 unspecified atom stereocenters. The Hall–Kier alpha value is -1.52. The molecule has 6 heteroatoms. The van der Waals surface area contributed by atoms with Crippen LogP contribution in [0, 0.1) is 6.92 Å². The molecule has 2 rings (SSSR count). The van der Waals surface area contributed by atoms with Crippen molar-refractivity contribution in [2.45, 2.75) is 20.3 Å². The third kappa shape index (κ3) is 3.08. The number of aromatic nitrogens is 2. The number of nitrogens with one attached hydrogen (secondary N) is 1. The molecule has 1 aromatic heterocycles. The number of nitrogens with zero attached hydrogens (tertiary/aromatic N) is 2. The second-order valence-corrected chi connectivity index (χ2v) is 4.92. The van der Waals surface area contributed by atoms with E-state index in [-0.39, 0.29) is 5.91 Å². The van der Waals surface area contributed by atoms with Gasteiger partial charge in [-0.3, -0.25) is 4.79 Å². The molecule has 2 aromatic rings. The minimum Gasteiger partial charge on any atom is -0.309 e. The van der Waals surface area contributed by atoms with E-state index in [1.807, 2.05) is 6.92 Å². The highest BCUT2D eigenvalue weighted by atomic mass is 35.5. The van der Waals surface area contributed by atoms with Crippen molar-refractivity contribution in [1.29, 1.82) is 0 Å². The van der Waals surface area contributed by atoms with Crippen LogP contribution in [0.25, 0.3) is 5.69 Å². The zero-order chi connectivity index (χ0) is 14.0. The highest BCUT2D eigenvalue weighted by Gasteiger charge is 2.11. The van der Waals surface area contributed by atoms with Crippen LogP contribution in [0.1, 0.15) is 19.0 Å². The molecule has 0 spiro atoms. The Labute approximate surface area is 121 Å². The van der Waals surface area contributed by atoms with Gasteiger partial charge >= 0.3 is 0 Å². The van der Waals surface area contributed by atoms with Gasteiger partial charge in [-0.05, 0) is 25.1 Å². The molecule has 0 saturated heterocycles. The zero-order valence-electron chi connectivity index (χ0n) is 10.6. The molecule has 0 saturated carbocycles. The fourth-order valence-corrected chi connectivity index (χ4v) is 2.15. The van der Waals surface area contributed by atoms with Crippen molar-refractivity contribution in [2.24, 2.45) is 0 Å². The molecule has 0 fully saturated rings. The second-order valence-electron chi connectivity index (χ2n) is 4.08. The van der Waals surface area contributed by atoms with Crippen LogP contribution in [0.3, 0.4) is 0 Å². The molecule has 1 heterocycles. The number of anilines is 1. The van der Waals surface area contributed by atoms with Crippen molar-refractivity contribution in [3.63, 3.8) is 0 Å². The highest BCUT2D eigenvalue weighted by molar-refractivity contribution is 6.35. The first-order valence-corrected chi connectivity index (χ1v) is 6.58. The summed E-state index contributed by atoms with van der Waals surface area (Å²) in [4.78, 5) is 11.3. The van der Waals surface area contributed by atoms with E-state index in [1.54, 1.807) is 35.9 Å². The molecule has 0 radical (unpaired) electrons. The monoisotopic (exact) mass is 297 g/mol. The Balaban J connectivity index is 2.37. The van der Waals surface area contributed by atoms with Gasteiger partial charge in [-0.2, -0.15) is 0 Å². The molecule has 4 nitrogen and oxygen atoms in total. The van der Waals surface area contributed by atoms with Crippen molar-refractivity contribution in [3.8, 4) is 5.69 Å². The van der Waals surface area contributed by atoms with Gasteiger partial charge in [0.1, 0.15) is 0 Å². The number of aryl methyl sites for hydroxylation is 1. The first-order valence-electron chi connectivity index (χ1n) is 5.83. The lowest BCUT2D eigenvalue weighted by molar-refractivity contribution is -0.115. The first kappa shape index (κ1) is 13.9. The van der Waals surface area contributed by atoms with E-state index in [1.165, 1.54) is 0 Å². The van der Waals surface area contributed by atoms with Gasteiger partial charge in [-0.25, -0.2) is 4.68 Å². The number of hydrogen-bond acceptors (Lipinski definition) is 2. The fourth-order valence-electron chi connectivity index (χ4n) is 1.66. The van der Waals surface area contributed by atoms with Crippen LogP contribution >= 0.6 is 23.2 Å². The molecule has 100 valence electrons. The summed E-state index contributed by atoms with van der Waals surface area (Å²) >= 11 is 12.0. The summed E-state index contributed by atoms with van der Waals surface area (Å²) in [5, 5.41) is 8.10. The van der Waals surface area contributed by atoms with E-state index in [0.717, 1.165) is 11.4 Å². The Bertz CT molecular complexity index is 622. The quantitative estimate of drug-likeness (QED) is 0.936. The average molecular weight is 298 g/mol. The van der Waals surface area contributed by atoms with Crippen LogP contribution in [-0.4, -0.2) is 15.7 Å². The van der Waals surface area contributed by atoms with Crippen molar-refractivity contribution in [1.82, 2.24) is 9.78 Å². The third-order valence-corrected chi connectivity index (χ3v) is 3.15. The summed E-state index contributed by atoms with van der Waals surface area (Å²) in [7, 11) is 0. The van der Waals surface area contributed by atoms with Crippen LogP contribution in [0.15, 0.2) is 24.3 Å². The zero-order valence-corrected chi connectivity index (χ0v) is 12.1. The topological polar surface area (TPSA) is 46.9 Å². The number of carbonyl (C=O) groups excluding carboxylic acids is 1. The maximum atomic E-state index is 11.3. The largest absolute Gasteiger partial charge is 0.309 e. The predicted molar refractivity (Wildman–Crippen MR) is 77.2 cm³/mol. The molecule has 19 heavy (non-hydrogen) atoms. The van der Waals surface area contributed by atoms with E-state index in [0.29, 0.717) is 22.3 Å². The smallest absolute Gasteiger partial charge is 0.225 e. The summed E-state index contributed by atoms with van der Waals surface area (Å²) in [6.07, 6.45) is 0.410. The Morgan fingerprint density at radius 2 is 2.11 bits per heavy atom. The van der Waals surface area contributed by atoms with Crippen molar-refractivity contribution < 1.29 is 4.79 Å². The molecule has 0 atom stereocenters. The van der Waals surface area contributed by atoms with Crippen molar-refractivity contribution in [3.05, 3.63) is 40.0 Å². The van der Waals surface area contributed by atoms with Gasteiger partial charge in [0.05, 0.1) is 10.7 Å². The molecular weight excluding hydrogens is 285 g/mol. The fraction of sp³-hybridized carbons (Fsp3) is 0.231. The first-order chi connectivity index (χ1) is 9.01. The lowest BCUT2D eigenvalue weighted by Crippen LogP contribution is -2.10. The van der Waals surface area contributed by atoms with Gasteiger partial charge in [0.15, 0.2) is 5.82 Å². The molecular formula is C13H13Cl2N3O. The van der Waals surface area contributed by atoms with Gasteiger partial charge in [0.25, 0.3) is 0 Å². The van der Waals surface area contributed by atoms with E-state index in [9.17, 15) is 4.79 Å². The van der Waals surface area contributed by atoms with Gasteiger partial charge < -0.3 is 5.32 Å². The number of hydrogen-bond donors (Lipinski definition) is 1. The third-order valence-electron chi connectivity index (χ3n) is 2.61. The molecule has 1 amide bonds.